The zero-order valence-corrected chi connectivity index (χ0v) is 24.0. The van der Waals surface area contributed by atoms with Crippen LogP contribution in [0.25, 0.3) is 22.3 Å². The van der Waals surface area contributed by atoms with Gasteiger partial charge in [0, 0.05) is 44.2 Å². The Morgan fingerprint density at radius 3 is 2.67 bits per heavy atom. The molecule has 0 spiro atoms. The number of rotatable bonds is 6. The van der Waals surface area contributed by atoms with Crippen molar-refractivity contribution < 1.29 is 18.7 Å². The number of carbonyl (C=O) groups is 1. The van der Waals surface area contributed by atoms with Gasteiger partial charge in [0.25, 0.3) is 5.88 Å². The van der Waals surface area contributed by atoms with E-state index in [0.29, 0.717) is 77.2 Å². The molecule has 4 aromatic rings. The van der Waals surface area contributed by atoms with E-state index in [-0.39, 0.29) is 24.4 Å². The van der Waals surface area contributed by atoms with Crippen molar-refractivity contribution >= 4 is 22.8 Å². The Labute approximate surface area is 248 Å². The minimum atomic E-state index is -1.10. The molecule has 2 N–H and O–H groups in total. The molecule has 6 rings (SSSR count). The van der Waals surface area contributed by atoms with Gasteiger partial charge in [-0.2, -0.15) is 0 Å². The minimum absolute atomic E-state index is 0.0680. The van der Waals surface area contributed by atoms with E-state index in [1.807, 2.05) is 48.0 Å². The molecule has 11 heteroatoms. The number of alkyl halides is 1. The summed E-state index contributed by atoms with van der Waals surface area (Å²) in [6, 6.07) is 12.8. The number of benzene rings is 1. The van der Waals surface area contributed by atoms with Crippen LogP contribution in [0, 0.1) is 17.8 Å². The van der Waals surface area contributed by atoms with Gasteiger partial charge in [-0.1, -0.05) is 30.7 Å². The van der Waals surface area contributed by atoms with Crippen LogP contribution in [0.15, 0.2) is 61.4 Å². The molecule has 2 saturated heterocycles. The summed E-state index contributed by atoms with van der Waals surface area (Å²) in [5, 5.41) is 0.650. The summed E-state index contributed by atoms with van der Waals surface area (Å²) in [6.45, 7) is 5.44. The maximum atomic E-state index is 14.9. The van der Waals surface area contributed by atoms with Crippen LogP contribution < -0.4 is 15.2 Å². The van der Waals surface area contributed by atoms with Gasteiger partial charge in [-0.05, 0) is 42.7 Å². The first-order valence-corrected chi connectivity index (χ1v) is 14.1. The van der Waals surface area contributed by atoms with Gasteiger partial charge < -0.3 is 24.7 Å². The highest BCUT2D eigenvalue weighted by Crippen LogP contribution is 2.38. The Kier molecular flexibility index (Phi) is 7.69. The molecule has 43 heavy (non-hydrogen) atoms. The van der Waals surface area contributed by atoms with Crippen LogP contribution in [-0.2, 0) is 11.8 Å². The summed E-state index contributed by atoms with van der Waals surface area (Å²) >= 11 is 0. The number of ether oxygens (including phenoxy) is 2. The number of methoxy groups -OCH3 is 1. The molecule has 0 unspecified atom stereocenters. The monoisotopic (exact) mass is 581 g/mol. The van der Waals surface area contributed by atoms with Crippen LogP contribution in [0.5, 0.6) is 17.4 Å². The number of pyridine rings is 1. The number of nitrogen functional groups attached to an aromatic ring is 1. The molecule has 0 saturated carbocycles. The van der Waals surface area contributed by atoms with E-state index >= 15 is 0 Å². The Balaban J connectivity index is 1.27. The number of aromatic nitrogens is 4. The minimum Gasteiger partial charge on any atom is -0.478 e. The molecule has 0 bridgehead atoms. The smallest absolute Gasteiger partial charge is 0.257 e. The molecule has 0 radical (unpaired) electrons. The Bertz CT molecular complexity index is 1740. The molecule has 220 valence electrons. The molecule has 5 heterocycles. The molecule has 2 atom stereocenters. The van der Waals surface area contributed by atoms with Crippen molar-refractivity contribution in [2.75, 3.05) is 39.0 Å². The lowest BCUT2D eigenvalue weighted by molar-refractivity contribution is -0.130. The highest BCUT2D eigenvalue weighted by atomic mass is 19.1. The number of aryl methyl sites for hydroxylation is 1. The number of nitrogens with two attached hydrogens (primary N) is 1. The highest BCUT2D eigenvalue weighted by Gasteiger charge is 2.39. The van der Waals surface area contributed by atoms with Gasteiger partial charge in [-0.25, -0.2) is 19.3 Å². The van der Waals surface area contributed by atoms with Gasteiger partial charge in [0.05, 0.1) is 24.7 Å². The van der Waals surface area contributed by atoms with Crippen molar-refractivity contribution in [2.45, 2.75) is 18.6 Å². The van der Waals surface area contributed by atoms with Crippen LogP contribution in [0.1, 0.15) is 12.1 Å². The fourth-order valence-electron chi connectivity index (χ4n) is 5.76. The average Bonchev–Trinajstić information content (AvgIpc) is 3.29. The average molecular weight is 582 g/mol. The summed E-state index contributed by atoms with van der Waals surface area (Å²) in [6.07, 6.45) is 2.15. The number of amides is 1. The van der Waals surface area contributed by atoms with Crippen molar-refractivity contribution in [3.8, 4) is 40.5 Å². The maximum absolute atomic E-state index is 14.9. The highest BCUT2D eigenvalue weighted by molar-refractivity contribution is 6.02. The van der Waals surface area contributed by atoms with Crippen LogP contribution in [0.2, 0.25) is 0 Å². The second kappa shape index (κ2) is 11.7. The van der Waals surface area contributed by atoms with Crippen LogP contribution in [-0.4, -0.2) is 80.7 Å². The second-order valence-electron chi connectivity index (χ2n) is 10.6. The third-order valence-corrected chi connectivity index (χ3v) is 8.01. The molecule has 0 aliphatic carbocycles. The molecule has 2 fully saturated rings. The molecular weight excluding hydrogens is 549 g/mol. The van der Waals surface area contributed by atoms with E-state index in [1.54, 1.807) is 6.07 Å². The third kappa shape index (κ3) is 5.37. The molecule has 1 aromatic carbocycles. The predicted molar refractivity (Wildman–Crippen MR) is 161 cm³/mol. The maximum Gasteiger partial charge on any atom is 0.257 e. The van der Waals surface area contributed by atoms with Gasteiger partial charge in [-0.15, -0.1) is 0 Å². The van der Waals surface area contributed by atoms with Crippen LogP contribution in [0.4, 0.5) is 10.2 Å². The number of carbonyl (C=O) groups excluding carboxylic acids is 1. The van der Waals surface area contributed by atoms with Gasteiger partial charge in [0.2, 0.25) is 5.91 Å². The van der Waals surface area contributed by atoms with E-state index in [1.165, 1.54) is 24.4 Å². The lowest BCUT2D eigenvalue weighted by Gasteiger charge is -2.46. The van der Waals surface area contributed by atoms with E-state index in [0.717, 1.165) is 0 Å². The number of para-hydroxylation sites is 1. The molecule has 3 aromatic heterocycles. The standard InChI is InChI=1S/C32H32FN7O3/c1-4-27(41)39-15-14-24(22(33)18-39)40-16-20(17-40)10-12-25-28(29-30(34)35-19-36-31(29)38(25)2)23-11-13-26(32(37-23)42-3)43-21-8-6-5-7-9-21/h4-9,11,13,19-20,22,24H,1,14-18H2,2-3H3,(H2,34,35,36)/t22-,24+/m0/s1. The summed E-state index contributed by atoms with van der Waals surface area (Å²) in [5.74, 6) is 8.32. The van der Waals surface area contributed by atoms with E-state index in [4.69, 9.17) is 20.2 Å². The zero-order valence-electron chi connectivity index (χ0n) is 24.0. The fraction of sp³-hybridized carbons (Fsp3) is 0.312. The molecule has 10 nitrogen and oxygen atoms in total. The molecule has 2 aliphatic rings. The van der Waals surface area contributed by atoms with Crippen molar-refractivity contribution in [3.05, 3.63) is 67.1 Å². The van der Waals surface area contributed by atoms with Crippen molar-refractivity contribution in [2.24, 2.45) is 13.0 Å². The summed E-state index contributed by atoms with van der Waals surface area (Å²) < 4.78 is 28.4. The molecular formula is C32H32FN7O3. The normalized spacial score (nSPS) is 18.9. The van der Waals surface area contributed by atoms with Gasteiger partial charge in [0.1, 0.15) is 35.4 Å². The lowest BCUT2D eigenvalue weighted by Crippen LogP contribution is -2.60. The SMILES string of the molecule is C=CC(=O)N1CC[C@@H](N2CC(C#Cc3c(-c4ccc(Oc5ccccc5)c(OC)n4)c4c(N)ncnc4n3C)C2)[C@@H](F)C1. The largest absolute Gasteiger partial charge is 0.478 e. The Hall–Kier alpha value is -4.95. The summed E-state index contributed by atoms with van der Waals surface area (Å²) in [4.78, 5) is 29.0. The number of likely N-dealkylation sites (tertiary alicyclic amines) is 2. The number of hydrogen-bond acceptors (Lipinski definition) is 8. The number of halogens is 1. The fourth-order valence-corrected chi connectivity index (χ4v) is 5.76. The van der Waals surface area contributed by atoms with Crippen molar-refractivity contribution in [1.82, 2.24) is 29.3 Å². The van der Waals surface area contributed by atoms with Crippen LogP contribution in [0.3, 0.4) is 0 Å². The van der Waals surface area contributed by atoms with Crippen molar-refractivity contribution in [3.63, 3.8) is 0 Å². The van der Waals surface area contributed by atoms with Gasteiger partial charge in [-0.3, -0.25) is 9.69 Å². The number of fused-ring (bicyclic) bond motifs is 1. The first-order valence-electron chi connectivity index (χ1n) is 14.1. The summed E-state index contributed by atoms with van der Waals surface area (Å²) in [7, 11) is 3.42. The van der Waals surface area contributed by atoms with E-state index < -0.39 is 6.17 Å². The van der Waals surface area contributed by atoms with Crippen molar-refractivity contribution in [1.29, 1.82) is 0 Å². The Morgan fingerprint density at radius 2 is 1.95 bits per heavy atom. The van der Waals surface area contributed by atoms with E-state index in [2.05, 4.69) is 33.3 Å². The van der Waals surface area contributed by atoms with Gasteiger partial charge in [0.15, 0.2) is 5.75 Å². The number of hydrogen-bond donors (Lipinski definition) is 1. The predicted octanol–water partition coefficient (Wildman–Crippen LogP) is 3.82. The van der Waals surface area contributed by atoms with Gasteiger partial charge >= 0.3 is 0 Å². The summed E-state index contributed by atoms with van der Waals surface area (Å²) in [5.41, 5.74) is 8.96. The Morgan fingerprint density at radius 1 is 1.16 bits per heavy atom. The topological polar surface area (TPSA) is 112 Å². The third-order valence-electron chi connectivity index (χ3n) is 8.01. The number of anilines is 1. The van der Waals surface area contributed by atoms with Crippen LogP contribution >= 0.6 is 0 Å². The lowest BCUT2D eigenvalue weighted by atomic mass is 9.92. The number of piperidine rings is 1. The quantitative estimate of drug-likeness (QED) is 0.270. The molecule has 2 aliphatic heterocycles. The number of nitrogens with zero attached hydrogens (tertiary/aromatic N) is 6. The molecule has 1 amide bonds. The second-order valence-corrected chi connectivity index (χ2v) is 10.6. The first kappa shape index (κ1) is 28.2. The zero-order chi connectivity index (χ0) is 30.1. The van der Waals surface area contributed by atoms with E-state index in [9.17, 15) is 9.18 Å². The first-order chi connectivity index (χ1) is 20.9.